The quantitative estimate of drug-likeness (QED) is 0.652. The van der Waals surface area contributed by atoms with Crippen LogP contribution in [0, 0.1) is 11.8 Å². The van der Waals surface area contributed by atoms with Crippen molar-refractivity contribution in [2.24, 2.45) is 11.8 Å². The molecular weight excluding hydrogens is 184 g/mol. The molecule has 15 heavy (non-hydrogen) atoms. The van der Waals surface area contributed by atoms with Crippen molar-refractivity contribution in [1.82, 2.24) is 0 Å². The van der Waals surface area contributed by atoms with Gasteiger partial charge in [0, 0.05) is 5.92 Å². The summed E-state index contributed by atoms with van der Waals surface area (Å²) >= 11 is 0. The molecule has 0 aromatic heterocycles. The molecular formula is C14H24O. The lowest BCUT2D eigenvalue weighted by molar-refractivity contribution is 0.105. The van der Waals surface area contributed by atoms with Gasteiger partial charge in [-0.05, 0) is 38.0 Å². The molecule has 2 aliphatic rings. The third-order valence-electron chi connectivity index (χ3n) is 4.23. The molecule has 2 rings (SSSR count). The Labute approximate surface area is 93.6 Å². The van der Waals surface area contributed by atoms with Crippen LogP contribution in [-0.4, -0.2) is 11.2 Å². The summed E-state index contributed by atoms with van der Waals surface area (Å²) in [5.41, 5.74) is 1.54. The van der Waals surface area contributed by atoms with Crippen molar-refractivity contribution < 1.29 is 5.11 Å². The summed E-state index contributed by atoms with van der Waals surface area (Å²) in [5, 5.41) is 9.84. The van der Waals surface area contributed by atoms with E-state index >= 15 is 0 Å². The summed E-state index contributed by atoms with van der Waals surface area (Å²) in [5.74, 6) is 1.24. The van der Waals surface area contributed by atoms with Gasteiger partial charge in [-0.2, -0.15) is 0 Å². The largest absolute Gasteiger partial charge is 0.393 e. The van der Waals surface area contributed by atoms with Gasteiger partial charge in [-0.1, -0.05) is 37.8 Å². The number of aliphatic hydroxyl groups is 1. The third-order valence-corrected chi connectivity index (χ3v) is 4.23. The van der Waals surface area contributed by atoms with E-state index in [1.54, 1.807) is 5.57 Å². The molecule has 1 nitrogen and oxygen atoms in total. The van der Waals surface area contributed by atoms with Crippen LogP contribution in [-0.2, 0) is 0 Å². The van der Waals surface area contributed by atoms with Crippen molar-refractivity contribution in [1.29, 1.82) is 0 Å². The summed E-state index contributed by atoms with van der Waals surface area (Å²) in [6, 6.07) is 0. The lowest BCUT2D eigenvalue weighted by atomic mass is 9.79. The molecule has 2 aliphatic carbocycles. The first-order valence-corrected chi connectivity index (χ1v) is 6.66. The third kappa shape index (κ3) is 2.84. The van der Waals surface area contributed by atoms with Crippen LogP contribution in [0.3, 0.4) is 0 Å². The number of aliphatic hydroxyl groups excluding tert-OH is 1. The van der Waals surface area contributed by atoms with Crippen molar-refractivity contribution in [2.45, 2.75) is 64.4 Å². The van der Waals surface area contributed by atoms with Crippen molar-refractivity contribution in [3.63, 3.8) is 0 Å². The van der Waals surface area contributed by atoms with Crippen molar-refractivity contribution in [3.8, 4) is 0 Å². The maximum Gasteiger partial charge on any atom is 0.0602 e. The Morgan fingerprint density at radius 3 is 2.53 bits per heavy atom. The van der Waals surface area contributed by atoms with Gasteiger partial charge in [0.15, 0.2) is 0 Å². The summed E-state index contributed by atoms with van der Waals surface area (Å²) < 4.78 is 0. The molecule has 0 spiro atoms. The van der Waals surface area contributed by atoms with E-state index in [0.717, 1.165) is 12.3 Å². The monoisotopic (exact) mass is 208 g/mol. The molecule has 0 aromatic rings. The van der Waals surface area contributed by atoms with E-state index in [1.807, 2.05) is 0 Å². The predicted octanol–water partition coefficient (Wildman–Crippen LogP) is 3.67. The molecule has 2 atom stereocenters. The number of allylic oxidation sites excluding steroid dienone is 1. The fourth-order valence-electron chi connectivity index (χ4n) is 3.08. The normalized spacial score (nSPS) is 37.1. The van der Waals surface area contributed by atoms with Crippen LogP contribution in [0.2, 0.25) is 0 Å². The van der Waals surface area contributed by atoms with Gasteiger partial charge in [-0.3, -0.25) is 0 Å². The van der Waals surface area contributed by atoms with Crippen LogP contribution in [0.4, 0.5) is 0 Å². The van der Waals surface area contributed by atoms with Gasteiger partial charge >= 0.3 is 0 Å². The standard InChI is InChI=1S/C14H24O/c1-11-13(8-5-9-14(11)15)10-12-6-3-2-4-7-12/h10-12,14-15H,2-9H2,1H3/b13-10+/t11-,14-/m1/s1. The fraction of sp³-hybridized carbons (Fsp3) is 0.857. The van der Waals surface area contributed by atoms with Gasteiger partial charge < -0.3 is 5.11 Å². The van der Waals surface area contributed by atoms with Gasteiger partial charge in [-0.25, -0.2) is 0 Å². The lowest BCUT2D eigenvalue weighted by Gasteiger charge is -2.29. The van der Waals surface area contributed by atoms with Crippen LogP contribution in [0.15, 0.2) is 11.6 Å². The van der Waals surface area contributed by atoms with E-state index in [2.05, 4.69) is 13.0 Å². The molecule has 0 amide bonds. The molecule has 1 heteroatoms. The highest BCUT2D eigenvalue weighted by molar-refractivity contribution is 5.12. The smallest absolute Gasteiger partial charge is 0.0602 e. The van der Waals surface area contributed by atoms with Crippen LogP contribution in [0.1, 0.15) is 58.3 Å². The second-order valence-electron chi connectivity index (χ2n) is 5.39. The average Bonchev–Trinajstić information content (AvgIpc) is 2.26. The first-order valence-electron chi connectivity index (χ1n) is 6.66. The maximum absolute atomic E-state index is 9.84. The Hall–Kier alpha value is -0.300. The zero-order chi connectivity index (χ0) is 10.7. The highest BCUT2D eigenvalue weighted by atomic mass is 16.3. The summed E-state index contributed by atoms with van der Waals surface area (Å²) in [4.78, 5) is 0. The van der Waals surface area contributed by atoms with Crippen LogP contribution in [0.25, 0.3) is 0 Å². The molecule has 0 aliphatic heterocycles. The summed E-state index contributed by atoms with van der Waals surface area (Å²) in [7, 11) is 0. The molecule has 0 saturated heterocycles. The number of hydrogen-bond acceptors (Lipinski definition) is 1. The van der Waals surface area contributed by atoms with Crippen LogP contribution < -0.4 is 0 Å². The van der Waals surface area contributed by atoms with Crippen LogP contribution >= 0.6 is 0 Å². The topological polar surface area (TPSA) is 20.2 Å². The average molecular weight is 208 g/mol. The van der Waals surface area contributed by atoms with E-state index in [1.165, 1.54) is 44.9 Å². The molecule has 1 N–H and O–H groups in total. The summed E-state index contributed by atoms with van der Waals surface area (Å²) in [6.45, 7) is 2.19. The van der Waals surface area contributed by atoms with Gasteiger partial charge in [0.25, 0.3) is 0 Å². The molecule has 0 heterocycles. The van der Waals surface area contributed by atoms with E-state index in [0.29, 0.717) is 5.92 Å². The Morgan fingerprint density at radius 1 is 1.07 bits per heavy atom. The molecule has 0 bridgehead atoms. The van der Waals surface area contributed by atoms with Crippen molar-refractivity contribution >= 4 is 0 Å². The zero-order valence-corrected chi connectivity index (χ0v) is 9.91. The molecule has 0 radical (unpaired) electrons. The van der Waals surface area contributed by atoms with Crippen LogP contribution in [0.5, 0.6) is 0 Å². The van der Waals surface area contributed by atoms with Gasteiger partial charge in [0.1, 0.15) is 0 Å². The van der Waals surface area contributed by atoms with Gasteiger partial charge in [0.2, 0.25) is 0 Å². The summed E-state index contributed by atoms with van der Waals surface area (Å²) in [6.07, 6.45) is 12.9. The molecule has 0 aromatic carbocycles. The van der Waals surface area contributed by atoms with Gasteiger partial charge in [0.05, 0.1) is 6.10 Å². The number of hydrogen-bond donors (Lipinski definition) is 1. The minimum Gasteiger partial charge on any atom is -0.393 e. The SMILES string of the molecule is C[C@@H]1/C(=C/C2CCCCC2)CCC[C@H]1O. The molecule has 86 valence electrons. The van der Waals surface area contributed by atoms with E-state index in [-0.39, 0.29) is 6.10 Å². The number of rotatable bonds is 1. The Balaban J connectivity index is 1.97. The Kier molecular flexibility index (Phi) is 3.85. The lowest BCUT2D eigenvalue weighted by Crippen LogP contribution is -2.24. The van der Waals surface area contributed by atoms with Gasteiger partial charge in [-0.15, -0.1) is 0 Å². The van der Waals surface area contributed by atoms with Crippen molar-refractivity contribution in [3.05, 3.63) is 11.6 Å². The second-order valence-corrected chi connectivity index (χ2v) is 5.39. The fourth-order valence-corrected chi connectivity index (χ4v) is 3.08. The second kappa shape index (κ2) is 5.16. The first-order chi connectivity index (χ1) is 7.27. The predicted molar refractivity (Wildman–Crippen MR) is 63.7 cm³/mol. The molecule has 2 saturated carbocycles. The molecule has 0 unspecified atom stereocenters. The van der Waals surface area contributed by atoms with Crippen molar-refractivity contribution in [2.75, 3.05) is 0 Å². The highest BCUT2D eigenvalue weighted by Crippen LogP contribution is 2.33. The minimum absolute atomic E-state index is 0.0754. The molecule has 2 fully saturated rings. The first kappa shape index (κ1) is 11.2. The van der Waals surface area contributed by atoms with E-state index < -0.39 is 0 Å². The van der Waals surface area contributed by atoms with E-state index in [4.69, 9.17) is 0 Å². The minimum atomic E-state index is -0.0754. The Morgan fingerprint density at radius 2 is 1.80 bits per heavy atom. The maximum atomic E-state index is 9.84. The van der Waals surface area contributed by atoms with E-state index in [9.17, 15) is 5.11 Å². The highest BCUT2D eigenvalue weighted by Gasteiger charge is 2.24. The Bertz CT molecular complexity index is 225. The zero-order valence-electron chi connectivity index (χ0n) is 9.91.